The first kappa shape index (κ1) is 18.0. The first-order chi connectivity index (χ1) is 12.5. The number of carbonyl (C=O) groups excluding carboxylic acids is 1. The van der Waals surface area contributed by atoms with Crippen LogP contribution in [0.3, 0.4) is 0 Å². The van der Waals surface area contributed by atoms with Gasteiger partial charge in [0.15, 0.2) is 0 Å². The van der Waals surface area contributed by atoms with Gasteiger partial charge in [0.1, 0.15) is 35.4 Å². The lowest BCUT2D eigenvalue weighted by molar-refractivity contribution is 0.0526. The molecule has 2 heterocycles. The maximum atomic E-state index is 12.7. The Labute approximate surface area is 154 Å². The summed E-state index contributed by atoms with van der Waals surface area (Å²) in [7, 11) is 0. The highest BCUT2D eigenvalue weighted by atomic mass is 35.5. The minimum absolute atomic E-state index is 0.113. The van der Waals surface area contributed by atoms with Gasteiger partial charge in [0, 0.05) is 5.02 Å². The molecule has 0 unspecified atom stereocenters. The number of rotatable bonds is 6. The van der Waals surface area contributed by atoms with E-state index in [4.69, 9.17) is 25.5 Å². The van der Waals surface area contributed by atoms with Crippen LogP contribution in [0.1, 0.15) is 23.0 Å². The molecule has 0 aliphatic heterocycles. The maximum absolute atomic E-state index is 12.7. The molecule has 0 fully saturated rings. The molecule has 3 rings (SSSR count). The van der Waals surface area contributed by atoms with E-state index >= 15 is 0 Å². The van der Waals surface area contributed by atoms with E-state index in [-0.39, 0.29) is 42.0 Å². The van der Waals surface area contributed by atoms with E-state index in [1.807, 2.05) is 0 Å². The zero-order valence-electron chi connectivity index (χ0n) is 14.3. The van der Waals surface area contributed by atoms with Crippen molar-refractivity contribution in [3.8, 4) is 5.75 Å². The fourth-order valence-electron chi connectivity index (χ4n) is 2.56. The van der Waals surface area contributed by atoms with Gasteiger partial charge in [-0.3, -0.25) is 9.36 Å². The van der Waals surface area contributed by atoms with Crippen molar-refractivity contribution in [3.05, 3.63) is 57.3 Å². The van der Waals surface area contributed by atoms with Crippen LogP contribution in [0.15, 0.2) is 39.8 Å². The SMILES string of the molecule is CCOC(=O)c1c(C)oc2ncn(CCOc3cccc(Cl)c3)c(=O)c12. The second-order valence-corrected chi connectivity index (χ2v) is 5.92. The lowest BCUT2D eigenvalue weighted by Crippen LogP contribution is -2.24. The van der Waals surface area contributed by atoms with Crippen LogP contribution in [0.4, 0.5) is 0 Å². The highest BCUT2D eigenvalue weighted by Crippen LogP contribution is 2.22. The minimum Gasteiger partial charge on any atom is -0.492 e. The molecule has 0 amide bonds. The maximum Gasteiger partial charge on any atom is 0.342 e. The Morgan fingerprint density at radius 1 is 1.38 bits per heavy atom. The van der Waals surface area contributed by atoms with Crippen molar-refractivity contribution in [1.29, 1.82) is 0 Å². The van der Waals surface area contributed by atoms with Crippen LogP contribution in [-0.2, 0) is 11.3 Å². The number of benzene rings is 1. The van der Waals surface area contributed by atoms with Crippen molar-refractivity contribution in [2.45, 2.75) is 20.4 Å². The number of nitrogens with zero attached hydrogens (tertiary/aromatic N) is 2. The molecular weight excluding hydrogens is 360 g/mol. The molecule has 0 saturated heterocycles. The molecule has 0 saturated carbocycles. The number of fused-ring (bicyclic) bond motifs is 1. The van der Waals surface area contributed by atoms with Crippen LogP contribution in [0, 0.1) is 6.92 Å². The monoisotopic (exact) mass is 376 g/mol. The Morgan fingerprint density at radius 2 is 2.19 bits per heavy atom. The van der Waals surface area contributed by atoms with Crippen LogP contribution in [0.2, 0.25) is 5.02 Å². The van der Waals surface area contributed by atoms with Crippen LogP contribution in [0.25, 0.3) is 11.1 Å². The molecule has 7 nitrogen and oxygen atoms in total. The van der Waals surface area contributed by atoms with E-state index in [2.05, 4.69) is 4.98 Å². The quantitative estimate of drug-likeness (QED) is 0.614. The van der Waals surface area contributed by atoms with Crippen LogP contribution in [-0.4, -0.2) is 28.7 Å². The van der Waals surface area contributed by atoms with Crippen molar-refractivity contribution in [2.24, 2.45) is 0 Å². The predicted octanol–water partition coefficient (Wildman–Crippen LogP) is 3.21. The second-order valence-electron chi connectivity index (χ2n) is 5.48. The van der Waals surface area contributed by atoms with Gasteiger partial charge in [0.25, 0.3) is 5.56 Å². The molecule has 0 radical (unpaired) electrons. The van der Waals surface area contributed by atoms with Crippen molar-refractivity contribution in [1.82, 2.24) is 9.55 Å². The molecule has 1 aromatic carbocycles. The van der Waals surface area contributed by atoms with Gasteiger partial charge in [-0.05, 0) is 32.0 Å². The van der Waals surface area contributed by atoms with E-state index in [1.165, 1.54) is 10.9 Å². The van der Waals surface area contributed by atoms with Gasteiger partial charge in [-0.15, -0.1) is 0 Å². The van der Waals surface area contributed by atoms with Crippen LogP contribution >= 0.6 is 11.6 Å². The summed E-state index contributed by atoms with van der Waals surface area (Å²) < 4.78 is 17.4. The van der Waals surface area contributed by atoms with Crippen molar-refractivity contribution in [2.75, 3.05) is 13.2 Å². The molecule has 8 heteroatoms. The number of esters is 1. The van der Waals surface area contributed by atoms with Gasteiger partial charge < -0.3 is 13.9 Å². The van der Waals surface area contributed by atoms with Crippen molar-refractivity contribution >= 4 is 28.7 Å². The molecule has 3 aromatic rings. The van der Waals surface area contributed by atoms with E-state index in [0.29, 0.717) is 16.5 Å². The fraction of sp³-hybridized carbons (Fsp3) is 0.278. The number of furan rings is 1. The van der Waals surface area contributed by atoms with E-state index in [0.717, 1.165) is 0 Å². The first-order valence-electron chi connectivity index (χ1n) is 8.05. The fourth-order valence-corrected chi connectivity index (χ4v) is 2.74. The van der Waals surface area contributed by atoms with Crippen molar-refractivity contribution < 1.29 is 18.7 Å². The number of hydrogen-bond acceptors (Lipinski definition) is 6. The molecule has 0 atom stereocenters. The summed E-state index contributed by atoms with van der Waals surface area (Å²) in [5.74, 6) is 0.303. The summed E-state index contributed by atoms with van der Waals surface area (Å²) in [6.45, 7) is 3.98. The van der Waals surface area contributed by atoms with E-state index in [9.17, 15) is 9.59 Å². The van der Waals surface area contributed by atoms with Crippen LogP contribution < -0.4 is 10.3 Å². The third kappa shape index (κ3) is 3.57. The first-order valence-corrected chi connectivity index (χ1v) is 8.43. The molecular formula is C18H17ClN2O5. The average molecular weight is 377 g/mol. The van der Waals surface area contributed by atoms with Gasteiger partial charge in [-0.2, -0.15) is 0 Å². The lowest BCUT2D eigenvalue weighted by Gasteiger charge is -2.08. The summed E-state index contributed by atoms with van der Waals surface area (Å²) in [4.78, 5) is 29.0. The average Bonchev–Trinajstić information content (AvgIpc) is 2.94. The van der Waals surface area contributed by atoms with Crippen LogP contribution in [0.5, 0.6) is 5.75 Å². The topological polar surface area (TPSA) is 83.6 Å². The van der Waals surface area contributed by atoms with Gasteiger partial charge in [0.05, 0.1) is 13.2 Å². The summed E-state index contributed by atoms with van der Waals surface area (Å²) in [6.07, 6.45) is 1.36. The molecule has 26 heavy (non-hydrogen) atoms. The Hall–Kier alpha value is -2.80. The van der Waals surface area contributed by atoms with Gasteiger partial charge >= 0.3 is 5.97 Å². The molecule has 136 valence electrons. The number of ether oxygens (including phenoxy) is 2. The normalized spacial score (nSPS) is 10.9. The standard InChI is InChI=1S/C18H17ClN2O5/c1-3-24-18(23)14-11(2)26-16-15(14)17(22)21(10-20-16)7-8-25-13-6-4-5-12(19)9-13/h4-6,9-10H,3,7-8H2,1-2H3. The highest BCUT2D eigenvalue weighted by molar-refractivity contribution is 6.30. The summed E-state index contributed by atoms with van der Waals surface area (Å²) in [6, 6.07) is 6.98. The molecule has 0 N–H and O–H groups in total. The third-order valence-corrected chi connectivity index (χ3v) is 3.97. The zero-order chi connectivity index (χ0) is 18.7. The number of aromatic nitrogens is 2. The Kier molecular flexibility index (Phi) is 5.27. The Bertz CT molecular complexity index is 1010. The Morgan fingerprint density at radius 3 is 2.92 bits per heavy atom. The number of hydrogen-bond donors (Lipinski definition) is 0. The number of carbonyl (C=O) groups is 1. The van der Waals surface area contributed by atoms with E-state index in [1.54, 1.807) is 38.1 Å². The zero-order valence-corrected chi connectivity index (χ0v) is 15.1. The third-order valence-electron chi connectivity index (χ3n) is 3.73. The van der Waals surface area contributed by atoms with Gasteiger partial charge in [-0.1, -0.05) is 17.7 Å². The lowest BCUT2D eigenvalue weighted by atomic mass is 10.2. The van der Waals surface area contributed by atoms with E-state index < -0.39 is 5.97 Å². The molecule has 0 aliphatic carbocycles. The van der Waals surface area contributed by atoms with Crippen molar-refractivity contribution in [3.63, 3.8) is 0 Å². The molecule has 0 aliphatic rings. The predicted molar refractivity (Wildman–Crippen MR) is 95.9 cm³/mol. The van der Waals surface area contributed by atoms with Gasteiger partial charge in [0.2, 0.25) is 5.71 Å². The summed E-state index contributed by atoms with van der Waals surface area (Å²) in [5.41, 5.74) is -0.156. The largest absolute Gasteiger partial charge is 0.492 e. The minimum atomic E-state index is -0.601. The smallest absolute Gasteiger partial charge is 0.342 e. The second kappa shape index (κ2) is 7.61. The number of halogens is 1. The number of aryl methyl sites for hydroxylation is 1. The molecule has 0 spiro atoms. The molecule has 2 aromatic heterocycles. The summed E-state index contributed by atoms with van der Waals surface area (Å²) >= 11 is 5.91. The Balaban J connectivity index is 1.85. The summed E-state index contributed by atoms with van der Waals surface area (Å²) in [5, 5.41) is 0.682. The molecule has 0 bridgehead atoms. The van der Waals surface area contributed by atoms with Gasteiger partial charge in [-0.25, -0.2) is 9.78 Å². The highest BCUT2D eigenvalue weighted by Gasteiger charge is 2.23.